The summed E-state index contributed by atoms with van der Waals surface area (Å²) in [5, 5.41) is 0.480. The van der Waals surface area contributed by atoms with E-state index in [-0.39, 0.29) is 5.78 Å². The number of fused-ring (bicyclic) bond motifs is 1. The number of Topliss-reactive ketones (excluding diaryl/α,β-unsaturated/α-hetero) is 1. The second kappa shape index (κ2) is 2.31. The van der Waals surface area contributed by atoms with Crippen LogP contribution in [0.4, 0.5) is 0 Å². The quantitative estimate of drug-likeness (QED) is 0.552. The minimum Gasteiger partial charge on any atom is -0.294 e. The molecule has 2 rings (SSSR count). The molecule has 0 unspecified atom stereocenters. The van der Waals surface area contributed by atoms with Gasteiger partial charge in [-0.3, -0.25) is 4.79 Å². The fourth-order valence-corrected chi connectivity index (χ4v) is 1.59. The van der Waals surface area contributed by atoms with Gasteiger partial charge in [-0.05, 0) is 12.5 Å². The Balaban J connectivity index is 2.66. The molecule has 1 aromatic heterocycles. The largest absolute Gasteiger partial charge is 0.294 e. The molecule has 1 aliphatic rings. The number of pyridine rings is 1. The molecule has 56 valence electrons. The molecule has 0 fully saturated rings. The number of hydrogen-bond donors (Lipinski definition) is 0. The van der Waals surface area contributed by atoms with E-state index < -0.39 is 0 Å². The highest BCUT2D eigenvalue weighted by atomic mass is 35.5. The van der Waals surface area contributed by atoms with Crippen LogP contribution in [0.5, 0.6) is 0 Å². The van der Waals surface area contributed by atoms with E-state index in [1.807, 2.05) is 0 Å². The van der Waals surface area contributed by atoms with Crippen molar-refractivity contribution < 1.29 is 4.79 Å². The van der Waals surface area contributed by atoms with E-state index in [0.29, 0.717) is 11.6 Å². The summed E-state index contributed by atoms with van der Waals surface area (Å²) in [6, 6.07) is 1.73. The fraction of sp³-hybridized carbons (Fsp3) is 0.250. The number of halogens is 1. The van der Waals surface area contributed by atoms with E-state index in [0.717, 1.165) is 17.5 Å². The van der Waals surface area contributed by atoms with Crippen molar-refractivity contribution in [3.63, 3.8) is 0 Å². The van der Waals surface area contributed by atoms with Crippen LogP contribution in [0.2, 0.25) is 5.15 Å². The van der Waals surface area contributed by atoms with Crippen molar-refractivity contribution in [2.75, 3.05) is 0 Å². The first kappa shape index (κ1) is 6.80. The summed E-state index contributed by atoms with van der Waals surface area (Å²) >= 11 is 5.77. The number of ketones is 1. The average Bonchev–Trinajstić information content (AvgIpc) is 2.35. The molecule has 0 spiro atoms. The Morgan fingerprint density at radius 3 is 3.00 bits per heavy atom. The van der Waals surface area contributed by atoms with Crippen LogP contribution in [0.3, 0.4) is 0 Å². The number of aromatic nitrogens is 1. The third-order valence-electron chi connectivity index (χ3n) is 1.91. The monoisotopic (exact) mass is 167 g/mol. The molecule has 0 N–H and O–H groups in total. The lowest BCUT2D eigenvalue weighted by atomic mass is 10.2. The summed E-state index contributed by atoms with van der Waals surface area (Å²) in [7, 11) is 0. The number of carbonyl (C=O) groups is 1. The van der Waals surface area contributed by atoms with Crippen LogP contribution in [0, 0.1) is 0 Å². The van der Waals surface area contributed by atoms with Crippen LogP contribution >= 0.6 is 11.6 Å². The maximum atomic E-state index is 11.1. The van der Waals surface area contributed by atoms with E-state index in [2.05, 4.69) is 4.98 Å². The Labute approximate surface area is 69.2 Å². The summed E-state index contributed by atoms with van der Waals surface area (Å²) in [6.07, 6.45) is 2.91. The molecule has 0 aromatic carbocycles. The van der Waals surface area contributed by atoms with Gasteiger partial charge in [0.25, 0.3) is 0 Å². The van der Waals surface area contributed by atoms with Crippen molar-refractivity contribution in [1.29, 1.82) is 0 Å². The van der Waals surface area contributed by atoms with Gasteiger partial charge in [-0.15, -0.1) is 0 Å². The second-order valence-electron chi connectivity index (χ2n) is 2.55. The maximum Gasteiger partial charge on any atom is 0.163 e. The molecular formula is C8H6ClNO. The summed E-state index contributed by atoms with van der Waals surface area (Å²) in [5.41, 5.74) is 1.67. The van der Waals surface area contributed by atoms with Gasteiger partial charge in [-0.1, -0.05) is 11.6 Å². The number of nitrogens with zero attached hydrogens (tertiary/aromatic N) is 1. The Morgan fingerprint density at radius 2 is 2.27 bits per heavy atom. The highest BCUT2D eigenvalue weighted by molar-refractivity contribution is 6.31. The minimum atomic E-state index is 0.185. The summed E-state index contributed by atoms with van der Waals surface area (Å²) < 4.78 is 0. The summed E-state index contributed by atoms with van der Waals surface area (Å²) in [5.74, 6) is 0.185. The Kier molecular flexibility index (Phi) is 1.43. The third-order valence-corrected chi connectivity index (χ3v) is 2.23. The SMILES string of the molecule is O=C1CCc2c1ccnc2Cl. The zero-order valence-electron chi connectivity index (χ0n) is 5.80. The molecule has 0 amide bonds. The zero-order valence-corrected chi connectivity index (χ0v) is 6.56. The van der Waals surface area contributed by atoms with Crippen molar-refractivity contribution >= 4 is 17.4 Å². The smallest absolute Gasteiger partial charge is 0.163 e. The van der Waals surface area contributed by atoms with Gasteiger partial charge in [0.15, 0.2) is 5.78 Å². The molecule has 0 bridgehead atoms. The van der Waals surface area contributed by atoms with Crippen molar-refractivity contribution in [2.24, 2.45) is 0 Å². The molecule has 11 heavy (non-hydrogen) atoms. The molecule has 0 saturated heterocycles. The molecule has 2 nitrogen and oxygen atoms in total. The molecule has 0 saturated carbocycles. The summed E-state index contributed by atoms with van der Waals surface area (Å²) in [6.45, 7) is 0. The van der Waals surface area contributed by atoms with E-state index >= 15 is 0 Å². The fourth-order valence-electron chi connectivity index (χ4n) is 1.34. The molecular weight excluding hydrogens is 162 g/mol. The second-order valence-corrected chi connectivity index (χ2v) is 2.91. The Hall–Kier alpha value is -0.890. The van der Waals surface area contributed by atoms with Crippen LogP contribution < -0.4 is 0 Å². The van der Waals surface area contributed by atoms with Gasteiger partial charge in [0.1, 0.15) is 5.15 Å². The number of rotatable bonds is 0. The first-order valence-electron chi connectivity index (χ1n) is 3.45. The zero-order chi connectivity index (χ0) is 7.84. The summed E-state index contributed by atoms with van der Waals surface area (Å²) in [4.78, 5) is 15.0. The molecule has 1 heterocycles. The predicted molar refractivity (Wildman–Crippen MR) is 41.9 cm³/mol. The lowest BCUT2D eigenvalue weighted by Gasteiger charge is -1.96. The van der Waals surface area contributed by atoms with Gasteiger partial charge in [-0.25, -0.2) is 4.98 Å². The molecule has 0 radical (unpaired) electrons. The van der Waals surface area contributed by atoms with Crippen LogP contribution in [0.15, 0.2) is 12.3 Å². The van der Waals surface area contributed by atoms with Crippen LogP contribution in [0.25, 0.3) is 0 Å². The number of carbonyl (C=O) groups excluding carboxylic acids is 1. The van der Waals surface area contributed by atoms with Crippen molar-refractivity contribution in [3.05, 3.63) is 28.5 Å². The predicted octanol–water partition coefficient (Wildman–Crippen LogP) is 1.86. The lowest BCUT2D eigenvalue weighted by Crippen LogP contribution is -1.91. The van der Waals surface area contributed by atoms with Crippen LogP contribution in [-0.2, 0) is 6.42 Å². The highest BCUT2D eigenvalue weighted by Gasteiger charge is 2.21. The normalized spacial score (nSPS) is 15.2. The molecule has 0 aliphatic heterocycles. The van der Waals surface area contributed by atoms with Gasteiger partial charge in [0.2, 0.25) is 0 Å². The average molecular weight is 168 g/mol. The Morgan fingerprint density at radius 1 is 1.45 bits per heavy atom. The lowest BCUT2D eigenvalue weighted by molar-refractivity contribution is 0.0994. The van der Waals surface area contributed by atoms with E-state index in [1.54, 1.807) is 12.3 Å². The van der Waals surface area contributed by atoms with Crippen molar-refractivity contribution in [2.45, 2.75) is 12.8 Å². The van der Waals surface area contributed by atoms with Gasteiger partial charge in [0, 0.05) is 23.7 Å². The highest BCUT2D eigenvalue weighted by Crippen LogP contribution is 2.26. The van der Waals surface area contributed by atoms with E-state index in [9.17, 15) is 4.79 Å². The van der Waals surface area contributed by atoms with Gasteiger partial charge < -0.3 is 0 Å². The van der Waals surface area contributed by atoms with Gasteiger partial charge >= 0.3 is 0 Å². The standard InChI is InChI=1S/C8H6ClNO/c9-8-6-1-2-7(11)5(6)3-4-10-8/h3-4H,1-2H2. The van der Waals surface area contributed by atoms with Crippen LogP contribution in [0.1, 0.15) is 22.3 Å². The molecule has 0 atom stereocenters. The third kappa shape index (κ3) is 0.942. The maximum absolute atomic E-state index is 11.1. The first-order chi connectivity index (χ1) is 5.29. The first-order valence-corrected chi connectivity index (χ1v) is 3.83. The van der Waals surface area contributed by atoms with Gasteiger partial charge in [-0.2, -0.15) is 0 Å². The van der Waals surface area contributed by atoms with Crippen molar-refractivity contribution in [3.8, 4) is 0 Å². The van der Waals surface area contributed by atoms with E-state index in [1.165, 1.54) is 0 Å². The van der Waals surface area contributed by atoms with Crippen molar-refractivity contribution in [1.82, 2.24) is 4.98 Å². The van der Waals surface area contributed by atoms with E-state index in [4.69, 9.17) is 11.6 Å². The minimum absolute atomic E-state index is 0.185. The van der Waals surface area contributed by atoms with Crippen LogP contribution in [-0.4, -0.2) is 10.8 Å². The topological polar surface area (TPSA) is 30.0 Å². The molecule has 3 heteroatoms. The number of hydrogen-bond acceptors (Lipinski definition) is 2. The molecule has 1 aliphatic carbocycles. The molecule has 1 aromatic rings. The Bertz CT molecular complexity index is 322. The van der Waals surface area contributed by atoms with Gasteiger partial charge in [0.05, 0.1) is 0 Å².